The molecule has 2 aromatic carbocycles. The highest BCUT2D eigenvalue weighted by molar-refractivity contribution is 6.10. The molecule has 0 bridgehead atoms. The maximum absolute atomic E-state index is 13.1. The number of rotatable bonds is 6. The summed E-state index contributed by atoms with van der Waals surface area (Å²) < 4.78 is 5.50. The van der Waals surface area contributed by atoms with E-state index < -0.39 is 0 Å². The number of nitrogens with zero attached hydrogens (tertiary/aromatic N) is 5. The molecule has 1 atom stereocenters. The molecule has 1 saturated heterocycles. The van der Waals surface area contributed by atoms with E-state index in [1.54, 1.807) is 19.2 Å². The highest BCUT2D eigenvalue weighted by atomic mass is 16.5. The minimum atomic E-state index is -0.228. The largest absolute Gasteiger partial charge is 0.378 e. The van der Waals surface area contributed by atoms with Gasteiger partial charge in [0.1, 0.15) is 0 Å². The zero-order valence-electron chi connectivity index (χ0n) is 25.9. The number of hydrogen-bond donors (Lipinski definition) is 4. The number of nitrogens with two attached hydrogens (primary N) is 1. The van der Waals surface area contributed by atoms with Crippen LogP contribution in [0.2, 0.25) is 0 Å². The average molecular weight is 620 g/mol. The zero-order valence-corrected chi connectivity index (χ0v) is 25.9. The van der Waals surface area contributed by atoms with Crippen molar-refractivity contribution in [2.24, 2.45) is 4.99 Å². The standard InChI is InChI=1S/C34H37N9O3/c1-21-3-6-26-15-25(9-10-30(26)43(21)22(2)44)24-7-4-23(5-8-24)17-38-33(45)27-16-29(37-18-27)32(42-11-13-46-14-12-42)41-31(35)28-19-39-34(36)40-20-28/h4-5,7-10,15-16,18-21,35,37H,3,6,11-14,17H2,1-2H3,(H,38,45)(H2,36,39,40)/t21-/m0/s1. The second kappa shape index (κ2) is 13.3. The molecule has 2 aliphatic rings. The SMILES string of the molecule is CC(=O)N1c2ccc(-c3ccc(CNC(=O)c4c[nH]c(C(=NC(=N)c5cnc(N)nc5)N5CCOCC5)c4)cc3)cc2CC[C@@H]1C. The number of aliphatic imine (C=N–C) groups is 1. The van der Waals surface area contributed by atoms with Gasteiger partial charge in [-0.25, -0.2) is 15.0 Å². The quantitative estimate of drug-likeness (QED) is 0.188. The van der Waals surface area contributed by atoms with Crippen LogP contribution >= 0.6 is 0 Å². The number of nitrogens with one attached hydrogen (secondary N) is 3. The van der Waals surface area contributed by atoms with Crippen LogP contribution in [-0.2, 0) is 22.5 Å². The Bertz CT molecular complexity index is 1770. The smallest absolute Gasteiger partial charge is 0.253 e. The van der Waals surface area contributed by atoms with Crippen LogP contribution in [0.1, 0.15) is 53.0 Å². The maximum atomic E-state index is 13.1. The Labute approximate surface area is 267 Å². The van der Waals surface area contributed by atoms with E-state index in [-0.39, 0.29) is 29.6 Å². The molecule has 2 amide bonds. The monoisotopic (exact) mass is 619 g/mol. The Morgan fingerprint density at radius 3 is 2.50 bits per heavy atom. The highest BCUT2D eigenvalue weighted by Crippen LogP contribution is 2.34. The number of aromatic amines is 1. The molecule has 1 fully saturated rings. The molecule has 0 aliphatic carbocycles. The molecule has 2 aliphatic heterocycles. The lowest BCUT2D eigenvalue weighted by Gasteiger charge is -2.34. The average Bonchev–Trinajstić information content (AvgIpc) is 3.57. The lowest BCUT2D eigenvalue weighted by atomic mass is 9.93. The Hall–Kier alpha value is -5.36. The number of anilines is 2. The van der Waals surface area contributed by atoms with E-state index in [0.717, 1.165) is 35.2 Å². The van der Waals surface area contributed by atoms with Gasteiger partial charge in [0, 0.05) is 56.9 Å². The first-order valence-electron chi connectivity index (χ1n) is 15.3. The fourth-order valence-corrected chi connectivity index (χ4v) is 5.87. The van der Waals surface area contributed by atoms with Gasteiger partial charge in [-0.2, -0.15) is 0 Å². The van der Waals surface area contributed by atoms with Gasteiger partial charge in [0.2, 0.25) is 11.9 Å². The fraction of sp³-hybridized carbons (Fsp3) is 0.294. The van der Waals surface area contributed by atoms with Crippen LogP contribution in [0.5, 0.6) is 0 Å². The molecule has 0 saturated carbocycles. The number of hydrogen-bond acceptors (Lipinski definition) is 7. The Morgan fingerprint density at radius 2 is 1.78 bits per heavy atom. The molecular weight excluding hydrogens is 582 g/mol. The summed E-state index contributed by atoms with van der Waals surface area (Å²) in [6, 6.07) is 16.4. The van der Waals surface area contributed by atoms with Gasteiger partial charge in [-0.15, -0.1) is 0 Å². The first-order chi connectivity index (χ1) is 22.3. The van der Waals surface area contributed by atoms with Crippen molar-refractivity contribution in [2.75, 3.05) is 36.9 Å². The van der Waals surface area contributed by atoms with E-state index in [0.29, 0.717) is 55.5 Å². The third-order valence-electron chi connectivity index (χ3n) is 8.35. The van der Waals surface area contributed by atoms with Gasteiger partial charge < -0.3 is 30.6 Å². The summed E-state index contributed by atoms with van der Waals surface area (Å²) in [5.74, 6) is 0.477. The third kappa shape index (κ3) is 6.66. The minimum absolute atomic E-state index is 0.0199. The van der Waals surface area contributed by atoms with Gasteiger partial charge in [-0.3, -0.25) is 15.0 Å². The van der Waals surface area contributed by atoms with Crippen molar-refractivity contribution < 1.29 is 14.3 Å². The van der Waals surface area contributed by atoms with Crippen molar-refractivity contribution in [1.29, 1.82) is 5.41 Å². The molecule has 0 unspecified atom stereocenters. The van der Waals surface area contributed by atoms with Gasteiger partial charge in [-0.1, -0.05) is 30.3 Å². The summed E-state index contributed by atoms with van der Waals surface area (Å²) in [5.41, 5.74) is 12.4. The van der Waals surface area contributed by atoms with Crippen LogP contribution in [0.25, 0.3) is 11.1 Å². The van der Waals surface area contributed by atoms with Crippen LogP contribution in [0.3, 0.4) is 0 Å². The first-order valence-corrected chi connectivity index (χ1v) is 15.3. The Kier molecular flexibility index (Phi) is 8.88. The van der Waals surface area contributed by atoms with E-state index in [9.17, 15) is 9.59 Å². The number of aromatic nitrogens is 3. The van der Waals surface area contributed by atoms with Crippen LogP contribution in [0.4, 0.5) is 11.6 Å². The Morgan fingerprint density at radius 1 is 1.07 bits per heavy atom. The number of aryl methyl sites for hydroxylation is 1. The summed E-state index contributed by atoms with van der Waals surface area (Å²) in [6.45, 7) is 6.35. The number of carbonyl (C=O) groups is 2. The summed E-state index contributed by atoms with van der Waals surface area (Å²) in [6.07, 6.45) is 6.45. The number of benzene rings is 2. The molecule has 46 heavy (non-hydrogen) atoms. The van der Waals surface area contributed by atoms with E-state index in [2.05, 4.69) is 56.5 Å². The lowest BCUT2D eigenvalue weighted by Crippen LogP contribution is -2.41. The topological polar surface area (TPSA) is 166 Å². The van der Waals surface area contributed by atoms with Gasteiger partial charge >= 0.3 is 0 Å². The van der Waals surface area contributed by atoms with Crippen molar-refractivity contribution in [3.63, 3.8) is 0 Å². The lowest BCUT2D eigenvalue weighted by molar-refractivity contribution is -0.117. The normalized spacial score (nSPS) is 16.6. The molecule has 12 nitrogen and oxygen atoms in total. The summed E-state index contributed by atoms with van der Waals surface area (Å²) in [5, 5.41) is 11.5. The molecule has 0 radical (unpaired) electrons. The molecule has 4 aromatic rings. The number of ether oxygens (including phenoxy) is 1. The molecule has 236 valence electrons. The molecule has 5 N–H and O–H groups in total. The molecule has 6 rings (SSSR count). The van der Waals surface area contributed by atoms with Gasteiger partial charge in [0.05, 0.1) is 30.0 Å². The fourth-order valence-electron chi connectivity index (χ4n) is 5.87. The minimum Gasteiger partial charge on any atom is -0.378 e. The van der Waals surface area contributed by atoms with Crippen molar-refractivity contribution in [3.05, 3.63) is 95.1 Å². The predicted molar refractivity (Wildman–Crippen MR) is 177 cm³/mol. The van der Waals surface area contributed by atoms with Gasteiger partial charge in [0.15, 0.2) is 11.7 Å². The number of carbonyl (C=O) groups excluding carboxylic acids is 2. The van der Waals surface area contributed by atoms with Gasteiger partial charge in [0.25, 0.3) is 5.91 Å². The molecule has 0 spiro atoms. The molecule has 12 heteroatoms. The first kappa shape index (κ1) is 30.7. The third-order valence-corrected chi connectivity index (χ3v) is 8.35. The maximum Gasteiger partial charge on any atom is 0.253 e. The molecule has 2 aromatic heterocycles. The number of morpholine rings is 1. The van der Waals surface area contributed by atoms with Crippen molar-refractivity contribution in [2.45, 2.75) is 39.3 Å². The number of nitrogen functional groups attached to an aromatic ring is 1. The van der Waals surface area contributed by atoms with Crippen molar-refractivity contribution in [1.82, 2.24) is 25.2 Å². The van der Waals surface area contributed by atoms with E-state index in [1.165, 1.54) is 18.0 Å². The van der Waals surface area contributed by atoms with Gasteiger partial charge in [-0.05, 0) is 60.2 Å². The summed E-state index contributed by atoms with van der Waals surface area (Å²) in [4.78, 5) is 44.9. The van der Waals surface area contributed by atoms with E-state index in [4.69, 9.17) is 15.9 Å². The van der Waals surface area contributed by atoms with Crippen LogP contribution in [0.15, 0.2) is 72.1 Å². The van der Waals surface area contributed by atoms with Crippen LogP contribution in [0, 0.1) is 5.41 Å². The molecule has 4 heterocycles. The Balaban J connectivity index is 1.12. The second-order valence-corrected chi connectivity index (χ2v) is 11.5. The number of fused-ring (bicyclic) bond motifs is 1. The van der Waals surface area contributed by atoms with Crippen molar-refractivity contribution in [3.8, 4) is 11.1 Å². The number of amides is 2. The van der Waals surface area contributed by atoms with E-state index in [1.807, 2.05) is 28.0 Å². The second-order valence-electron chi connectivity index (χ2n) is 11.5. The summed E-state index contributed by atoms with van der Waals surface area (Å²) in [7, 11) is 0. The zero-order chi connectivity index (χ0) is 32.2. The van der Waals surface area contributed by atoms with E-state index >= 15 is 0 Å². The van der Waals surface area contributed by atoms with Crippen molar-refractivity contribution >= 4 is 35.1 Å². The van der Waals surface area contributed by atoms with Crippen LogP contribution in [-0.4, -0.2) is 75.7 Å². The predicted octanol–water partition coefficient (Wildman–Crippen LogP) is 3.78. The molecular formula is C34H37N9O3. The highest BCUT2D eigenvalue weighted by Gasteiger charge is 2.26. The van der Waals surface area contributed by atoms with Crippen LogP contribution < -0.4 is 16.0 Å². The summed E-state index contributed by atoms with van der Waals surface area (Å²) >= 11 is 0. The number of H-pyrrole nitrogens is 1. The number of amidine groups is 2.